The van der Waals surface area contributed by atoms with Crippen molar-refractivity contribution in [2.45, 2.75) is 44.7 Å². The van der Waals surface area contributed by atoms with Crippen molar-refractivity contribution in [2.24, 2.45) is 5.92 Å². The molecule has 2 amide bonds. The Morgan fingerprint density at radius 2 is 1.79 bits per heavy atom. The van der Waals surface area contributed by atoms with Crippen molar-refractivity contribution < 1.29 is 49.1 Å². The van der Waals surface area contributed by atoms with E-state index >= 15 is 0 Å². The lowest BCUT2D eigenvalue weighted by atomic mass is 9.92. The summed E-state index contributed by atoms with van der Waals surface area (Å²) in [6, 6.07) is -1.05. The second-order valence-corrected chi connectivity index (χ2v) is 8.73. The van der Waals surface area contributed by atoms with E-state index in [0.29, 0.717) is 11.6 Å². The number of hydrogen-bond donors (Lipinski definition) is 2. The molecule has 2 aromatic rings. The number of amides is 2. The molecule has 1 aromatic carbocycles. The second-order valence-electron chi connectivity index (χ2n) is 8.29. The van der Waals surface area contributed by atoms with Crippen LogP contribution in [0.2, 0.25) is 0 Å². The molecule has 0 spiro atoms. The third-order valence-electron chi connectivity index (χ3n) is 5.78. The van der Waals surface area contributed by atoms with Crippen LogP contribution in [0, 0.1) is 11.7 Å². The number of fused-ring (bicyclic) bond motifs is 1. The van der Waals surface area contributed by atoms with E-state index in [4.69, 9.17) is 11.6 Å². The molecular formula is C23H19ClF9N3O2. The van der Waals surface area contributed by atoms with Gasteiger partial charge in [-0.25, -0.2) is 13.2 Å². The third kappa shape index (κ3) is 6.27. The zero-order valence-electron chi connectivity index (χ0n) is 19.3. The molecule has 208 valence electrons. The normalized spacial score (nSPS) is 16.6. The Bertz CT molecular complexity index is 1250. The van der Waals surface area contributed by atoms with Crippen LogP contribution < -0.4 is 10.6 Å². The van der Waals surface area contributed by atoms with Gasteiger partial charge in [0.25, 0.3) is 12.3 Å². The number of carbonyl (C=O) groups excluding carboxylic acids is 2. The number of benzene rings is 1. The van der Waals surface area contributed by atoms with Crippen LogP contribution in [0.25, 0.3) is 6.08 Å². The smallest absolute Gasteiger partial charge is 0.350 e. The molecule has 2 atom stereocenters. The van der Waals surface area contributed by atoms with Gasteiger partial charge < -0.3 is 15.2 Å². The summed E-state index contributed by atoms with van der Waals surface area (Å²) in [7, 11) is 0. The minimum atomic E-state index is -5.28. The van der Waals surface area contributed by atoms with Gasteiger partial charge >= 0.3 is 12.4 Å². The lowest BCUT2D eigenvalue weighted by Crippen LogP contribution is -2.39. The number of nitrogens with zero attached hydrogens (tertiary/aromatic N) is 1. The molecule has 0 aliphatic heterocycles. The van der Waals surface area contributed by atoms with Crippen LogP contribution >= 0.6 is 11.6 Å². The van der Waals surface area contributed by atoms with Gasteiger partial charge in [-0.1, -0.05) is 17.7 Å². The summed E-state index contributed by atoms with van der Waals surface area (Å²) in [6.45, 7) is 0.678. The van der Waals surface area contributed by atoms with Crippen molar-refractivity contribution in [3.63, 3.8) is 0 Å². The van der Waals surface area contributed by atoms with Gasteiger partial charge in [-0.05, 0) is 48.7 Å². The Balaban J connectivity index is 1.94. The highest BCUT2D eigenvalue weighted by Crippen LogP contribution is 2.38. The maximum Gasteiger partial charge on any atom is 0.419 e. The summed E-state index contributed by atoms with van der Waals surface area (Å²) in [5, 5.41) is 3.63. The van der Waals surface area contributed by atoms with Gasteiger partial charge in [0.15, 0.2) is 6.04 Å². The fourth-order valence-electron chi connectivity index (χ4n) is 4.05. The third-order valence-corrected chi connectivity index (χ3v) is 6.15. The van der Waals surface area contributed by atoms with E-state index < -0.39 is 66.0 Å². The van der Waals surface area contributed by atoms with Crippen LogP contribution in [0.5, 0.6) is 0 Å². The second kappa shape index (κ2) is 10.9. The summed E-state index contributed by atoms with van der Waals surface area (Å²) < 4.78 is 120. The number of nitrogens with one attached hydrogen (secondary N) is 2. The fraction of sp³-hybridized carbons (Fsp3) is 0.391. The van der Waals surface area contributed by atoms with E-state index in [1.54, 1.807) is 12.2 Å². The number of carbonyl (C=O) groups is 2. The maximum absolute atomic E-state index is 13.8. The quantitative estimate of drug-likeness (QED) is 0.408. The Kier molecular flexibility index (Phi) is 8.44. The Hall–Kier alpha value is -3.16. The highest BCUT2D eigenvalue weighted by atomic mass is 35.5. The van der Waals surface area contributed by atoms with Gasteiger partial charge in [0, 0.05) is 17.3 Å². The SMILES string of the molecule is CCn1c(C(=O)NC(c2ccc(F)c(C(F)(F)F)c2)C(F)(F)F)cc2c1C=C(Cl)C(C(=O)NCC(F)F)C2. The van der Waals surface area contributed by atoms with Crippen molar-refractivity contribution in [2.75, 3.05) is 6.54 Å². The predicted octanol–water partition coefficient (Wildman–Crippen LogP) is 5.83. The number of rotatable bonds is 7. The molecule has 1 aromatic heterocycles. The largest absolute Gasteiger partial charge is 0.419 e. The standard InChI is InChI=1S/C23H19ClF9N3O2/c1-2-36-16-8-14(24)12(20(37)34-9-18(26)27)5-11(16)7-17(36)21(38)35-19(23(31,32)33)10-3-4-15(25)13(6-10)22(28,29)30/h3-4,6-8,12,18-19H,2,5,9H2,1H3,(H,34,37)(H,35,38). The first kappa shape index (κ1) is 29.4. The van der Waals surface area contributed by atoms with E-state index in [1.807, 2.05) is 5.32 Å². The number of aromatic nitrogens is 1. The maximum atomic E-state index is 13.8. The van der Waals surface area contributed by atoms with Gasteiger partial charge in [0.2, 0.25) is 5.91 Å². The Morgan fingerprint density at radius 1 is 1.13 bits per heavy atom. The molecular weight excluding hydrogens is 557 g/mol. The summed E-state index contributed by atoms with van der Waals surface area (Å²) in [4.78, 5) is 25.2. The molecule has 3 rings (SSSR count). The molecule has 2 N–H and O–H groups in total. The summed E-state index contributed by atoms with van der Waals surface area (Å²) in [5.74, 6) is -5.00. The van der Waals surface area contributed by atoms with Crippen molar-refractivity contribution in [3.8, 4) is 0 Å². The molecule has 5 nitrogen and oxygen atoms in total. The predicted molar refractivity (Wildman–Crippen MR) is 118 cm³/mol. The summed E-state index contributed by atoms with van der Waals surface area (Å²) in [5.41, 5.74) is -2.70. The summed E-state index contributed by atoms with van der Waals surface area (Å²) >= 11 is 6.15. The van der Waals surface area contributed by atoms with Gasteiger partial charge in [-0.2, -0.15) is 26.3 Å². The zero-order valence-corrected chi connectivity index (χ0v) is 20.0. The average molecular weight is 576 g/mol. The van der Waals surface area contributed by atoms with E-state index in [-0.39, 0.29) is 41.5 Å². The average Bonchev–Trinajstić information content (AvgIpc) is 3.16. The topological polar surface area (TPSA) is 63.1 Å². The molecule has 1 aliphatic rings. The van der Waals surface area contributed by atoms with Gasteiger partial charge in [0.1, 0.15) is 11.5 Å². The molecule has 0 bridgehead atoms. The monoisotopic (exact) mass is 575 g/mol. The van der Waals surface area contributed by atoms with Crippen LogP contribution in [-0.4, -0.2) is 35.5 Å². The molecule has 0 radical (unpaired) electrons. The lowest BCUT2D eigenvalue weighted by Gasteiger charge is -2.23. The fourth-order valence-corrected chi connectivity index (χ4v) is 4.33. The van der Waals surface area contributed by atoms with Crippen molar-refractivity contribution in [1.29, 1.82) is 0 Å². The van der Waals surface area contributed by atoms with Crippen molar-refractivity contribution in [3.05, 3.63) is 63.2 Å². The molecule has 2 unspecified atom stereocenters. The van der Waals surface area contributed by atoms with Gasteiger partial charge in [-0.3, -0.25) is 9.59 Å². The number of alkyl halides is 8. The Morgan fingerprint density at radius 3 is 2.34 bits per heavy atom. The van der Waals surface area contributed by atoms with Crippen LogP contribution in [0.3, 0.4) is 0 Å². The van der Waals surface area contributed by atoms with Crippen LogP contribution in [0.1, 0.15) is 45.8 Å². The zero-order chi connectivity index (χ0) is 28.6. The molecule has 0 fully saturated rings. The minimum Gasteiger partial charge on any atom is -0.350 e. The van der Waals surface area contributed by atoms with Crippen molar-refractivity contribution >= 4 is 29.5 Å². The first-order valence-corrected chi connectivity index (χ1v) is 11.3. The molecule has 1 aliphatic carbocycles. The van der Waals surface area contributed by atoms with E-state index in [9.17, 15) is 49.1 Å². The number of halogens is 10. The Labute approximate surface area is 214 Å². The minimum absolute atomic E-state index is 0.0250. The molecule has 38 heavy (non-hydrogen) atoms. The highest BCUT2D eigenvalue weighted by molar-refractivity contribution is 6.33. The van der Waals surface area contributed by atoms with Crippen LogP contribution in [0.4, 0.5) is 39.5 Å². The lowest BCUT2D eigenvalue weighted by molar-refractivity contribution is -0.156. The highest BCUT2D eigenvalue weighted by Gasteiger charge is 2.44. The van der Waals surface area contributed by atoms with Crippen LogP contribution in [0.15, 0.2) is 29.3 Å². The molecule has 0 saturated carbocycles. The van der Waals surface area contributed by atoms with Gasteiger partial charge in [0.05, 0.1) is 18.0 Å². The molecule has 15 heteroatoms. The summed E-state index contributed by atoms with van der Waals surface area (Å²) in [6.07, 6.45) is -12.2. The van der Waals surface area contributed by atoms with Crippen molar-refractivity contribution in [1.82, 2.24) is 15.2 Å². The molecule has 0 saturated heterocycles. The van der Waals surface area contributed by atoms with E-state index in [1.165, 1.54) is 16.7 Å². The first-order chi connectivity index (χ1) is 17.5. The number of hydrogen-bond acceptors (Lipinski definition) is 2. The van der Waals surface area contributed by atoms with Gasteiger partial charge in [-0.15, -0.1) is 0 Å². The first-order valence-electron chi connectivity index (χ1n) is 10.9. The van der Waals surface area contributed by atoms with E-state index in [0.717, 1.165) is 0 Å². The van der Waals surface area contributed by atoms with Crippen LogP contribution in [-0.2, 0) is 23.9 Å². The van der Waals surface area contributed by atoms with E-state index in [2.05, 4.69) is 0 Å². The molecule has 1 heterocycles.